The van der Waals surface area contributed by atoms with Gasteiger partial charge in [-0.1, -0.05) is 6.92 Å². The highest BCUT2D eigenvalue weighted by molar-refractivity contribution is 5.49. The van der Waals surface area contributed by atoms with Gasteiger partial charge in [-0.3, -0.25) is 0 Å². The summed E-state index contributed by atoms with van der Waals surface area (Å²) in [6, 6.07) is 1.57. The van der Waals surface area contributed by atoms with Crippen LogP contribution >= 0.6 is 0 Å². The van der Waals surface area contributed by atoms with Gasteiger partial charge in [0.05, 0.1) is 24.9 Å². The molecule has 0 amide bonds. The van der Waals surface area contributed by atoms with Gasteiger partial charge < -0.3 is 15.0 Å². The Morgan fingerprint density at radius 2 is 2.32 bits per heavy atom. The molecule has 106 valence electrons. The molecule has 0 radical (unpaired) electrons. The number of morpholine rings is 1. The van der Waals surface area contributed by atoms with Crippen LogP contribution in [0, 0.1) is 5.82 Å². The van der Waals surface area contributed by atoms with Gasteiger partial charge in [0.25, 0.3) is 0 Å². The van der Waals surface area contributed by atoms with E-state index >= 15 is 0 Å². The number of aromatic nitrogens is 1. The van der Waals surface area contributed by atoms with E-state index in [1.807, 2.05) is 6.92 Å². The molecule has 1 aliphatic heterocycles. The molecule has 0 aromatic carbocycles. The van der Waals surface area contributed by atoms with Gasteiger partial charge in [-0.15, -0.1) is 0 Å². The molecule has 1 aromatic heterocycles. The van der Waals surface area contributed by atoms with Gasteiger partial charge in [-0.05, 0) is 26.5 Å². The summed E-state index contributed by atoms with van der Waals surface area (Å²) >= 11 is 0. The maximum Gasteiger partial charge on any atom is 0.141 e. The number of pyridine rings is 1. The van der Waals surface area contributed by atoms with Crippen LogP contribution in [0.5, 0.6) is 0 Å². The number of hydrogen-bond acceptors (Lipinski definition) is 4. The van der Waals surface area contributed by atoms with Gasteiger partial charge in [0.2, 0.25) is 0 Å². The van der Waals surface area contributed by atoms with E-state index < -0.39 is 0 Å². The largest absolute Gasteiger partial charge is 0.377 e. The van der Waals surface area contributed by atoms with E-state index in [4.69, 9.17) is 4.74 Å². The Kier molecular flexibility index (Phi) is 4.37. The van der Waals surface area contributed by atoms with Crippen molar-refractivity contribution in [2.24, 2.45) is 0 Å². The minimum absolute atomic E-state index is 0.121. The average molecular weight is 267 g/mol. The number of halogens is 1. The molecule has 2 rings (SSSR count). The maximum atomic E-state index is 13.4. The lowest BCUT2D eigenvalue weighted by molar-refractivity contribution is 0.0638. The van der Waals surface area contributed by atoms with Crippen molar-refractivity contribution in [1.82, 2.24) is 10.3 Å². The van der Waals surface area contributed by atoms with Gasteiger partial charge in [-0.2, -0.15) is 0 Å². The molecule has 0 aliphatic carbocycles. The number of ether oxygens (including phenoxy) is 1. The van der Waals surface area contributed by atoms with E-state index in [1.54, 1.807) is 6.07 Å². The van der Waals surface area contributed by atoms with Crippen LogP contribution in [0.4, 0.5) is 10.2 Å². The summed E-state index contributed by atoms with van der Waals surface area (Å²) in [6.07, 6.45) is 1.29. The van der Waals surface area contributed by atoms with Crippen molar-refractivity contribution in [2.75, 3.05) is 31.2 Å². The highest BCUT2D eigenvalue weighted by Crippen LogP contribution is 2.28. The Labute approximate surface area is 114 Å². The molecule has 2 heterocycles. The summed E-state index contributed by atoms with van der Waals surface area (Å²) in [4.78, 5) is 6.52. The van der Waals surface area contributed by atoms with Crippen molar-refractivity contribution < 1.29 is 9.13 Å². The summed E-state index contributed by atoms with van der Waals surface area (Å²) in [6.45, 7) is 9.88. The third-order valence-electron chi connectivity index (χ3n) is 3.38. The fourth-order valence-corrected chi connectivity index (χ4v) is 2.36. The smallest absolute Gasteiger partial charge is 0.141 e. The third-order valence-corrected chi connectivity index (χ3v) is 3.38. The van der Waals surface area contributed by atoms with E-state index in [1.165, 1.54) is 6.20 Å². The zero-order valence-corrected chi connectivity index (χ0v) is 11.9. The Balaban J connectivity index is 2.31. The minimum Gasteiger partial charge on any atom is -0.377 e. The van der Waals surface area contributed by atoms with Crippen LogP contribution in [0.3, 0.4) is 0 Å². The molecule has 1 saturated heterocycles. The fourth-order valence-electron chi connectivity index (χ4n) is 2.36. The highest BCUT2D eigenvalue weighted by atomic mass is 19.1. The molecule has 1 fully saturated rings. The van der Waals surface area contributed by atoms with Crippen LogP contribution in [-0.2, 0) is 11.3 Å². The second-order valence-electron chi connectivity index (χ2n) is 5.43. The Morgan fingerprint density at radius 3 is 3.00 bits per heavy atom. The fraction of sp³-hybridized carbons (Fsp3) is 0.643. The lowest BCUT2D eigenvalue weighted by Gasteiger charge is -2.43. The van der Waals surface area contributed by atoms with Crippen LogP contribution in [0.25, 0.3) is 0 Å². The lowest BCUT2D eigenvalue weighted by atomic mass is 10.0. The molecule has 0 atom stereocenters. The summed E-state index contributed by atoms with van der Waals surface area (Å²) in [7, 11) is 0. The maximum absolute atomic E-state index is 13.4. The Bertz CT molecular complexity index is 437. The van der Waals surface area contributed by atoms with Crippen LogP contribution in [-0.4, -0.2) is 36.8 Å². The predicted molar refractivity (Wildman–Crippen MR) is 73.8 cm³/mol. The van der Waals surface area contributed by atoms with Crippen LogP contribution in [0.2, 0.25) is 0 Å². The molecule has 19 heavy (non-hydrogen) atoms. The first kappa shape index (κ1) is 14.2. The molecule has 0 unspecified atom stereocenters. The quantitative estimate of drug-likeness (QED) is 0.904. The Morgan fingerprint density at radius 1 is 1.53 bits per heavy atom. The van der Waals surface area contributed by atoms with Gasteiger partial charge >= 0.3 is 0 Å². The number of hydrogen-bond donors (Lipinski definition) is 1. The minimum atomic E-state index is -0.289. The normalized spacial score (nSPS) is 18.6. The van der Waals surface area contributed by atoms with Gasteiger partial charge in [0, 0.05) is 18.7 Å². The molecule has 0 bridgehead atoms. The predicted octanol–water partition coefficient (Wildman–Crippen LogP) is 1.95. The number of nitrogens with zero attached hydrogens (tertiary/aromatic N) is 2. The van der Waals surface area contributed by atoms with Crippen molar-refractivity contribution in [3.8, 4) is 0 Å². The summed E-state index contributed by atoms with van der Waals surface area (Å²) < 4.78 is 18.9. The van der Waals surface area contributed by atoms with Gasteiger partial charge in [-0.25, -0.2) is 9.37 Å². The first-order valence-electron chi connectivity index (χ1n) is 6.75. The second kappa shape index (κ2) is 5.84. The van der Waals surface area contributed by atoms with Crippen molar-refractivity contribution in [1.29, 1.82) is 0 Å². The number of anilines is 1. The van der Waals surface area contributed by atoms with Crippen LogP contribution < -0.4 is 10.2 Å². The zero-order chi connectivity index (χ0) is 13.9. The third kappa shape index (κ3) is 3.22. The first-order valence-corrected chi connectivity index (χ1v) is 6.75. The highest BCUT2D eigenvalue weighted by Gasteiger charge is 2.32. The van der Waals surface area contributed by atoms with Gasteiger partial charge in [0.1, 0.15) is 11.6 Å². The van der Waals surface area contributed by atoms with E-state index in [2.05, 4.69) is 29.0 Å². The van der Waals surface area contributed by atoms with E-state index in [-0.39, 0.29) is 11.4 Å². The van der Waals surface area contributed by atoms with E-state index in [0.29, 0.717) is 19.8 Å². The molecular weight excluding hydrogens is 245 g/mol. The molecule has 0 saturated carbocycles. The summed E-state index contributed by atoms with van der Waals surface area (Å²) in [5.41, 5.74) is 0.779. The number of nitrogens with one attached hydrogen (secondary N) is 1. The van der Waals surface area contributed by atoms with Crippen molar-refractivity contribution >= 4 is 5.82 Å². The van der Waals surface area contributed by atoms with Crippen molar-refractivity contribution in [3.63, 3.8) is 0 Å². The zero-order valence-electron chi connectivity index (χ0n) is 11.9. The molecule has 1 N–H and O–H groups in total. The topological polar surface area (TPSA) is 37.4 Å². The summed E-state index contributed by atoms with van der Waals surface area (Å²) in [5, 5.41) is 3.23. The molecule has 0 spiro atoms. The molecular formula is C14H22FN3O. The van der Waals surface area contributed by atoms with Crippen LogP contribution in [0.15, 0.2) is 12.3 Å². The SMILES string of the molecule is CCNCc1cc(F)cnc1N1CCOCC1(C)C. The van der Waals surface area contributed by atoms with Crippen LogP contribution in [0.1, 0.15) is 26.3 Å². The second-order valence-corrected chi connectivity index (χ2v) is 5.43. The lowest BCUT2D eigenvalue weighted by Crippen LogP contribution is -2.54. The van der Waals surface area contributed by atoms with Crippen molar-refractivity contribution in [3.05, 3.63) is 23.6 Å². The monoisotopic (exact) mass is 267 g/mol. The van der Waals surface area contributed by atoms with Gasteiger partial charge in [0.15, 0.2) is 0 Å². The molecule has 1 aromatic rings. The van der Waals surface area contributed by atoms with E-state index in [0.717, 1.165) is 24.5 Å². The van der Waals surface area contributed by atoms with E-state index in [9.17, 15) is 4.39 Å². The summed E-state index contributed by atoms with van der Waals surface area (Å²) in [5.74, 6) is 0.568. The first-order chi connectivity index (χ1) is 9.04. The molecule has 1 aliphatic rings. The standard InChI is InChI=1S/C14H22FN3O/c1-4-16-8-11-7-12(15)9-17-13(11)18-5-6-19-10-14(18,2)3/h7,9,16H,4-6,8,10H2,1-3H3. The number of rotatable bonds is 4. The molecule has 4 nitrogen and oxygen atoms in total. The Hall–Kier alpha value is -1.20. The molecule has 5 heteroatoms. The average Bonchev–Trinajstić information content (AvgIpc) is 2.37. The van der Waals surface area contributed by atoms with Crippen molar-refractivity contribution in [2.45, 2.75) is 32.9 Å².